The van der Waals surface area contributed by atoms with Gasteiger partial charge in [-0.2, -0.15) is 0 Å². The summed E-state index contributed by atoms with van der Waals surface area (Å²) in [6, 6.07) is 1.22. The van der Waals surface area contributed by atoms with Crippen molar-refractivity contribution in [1.29, 1.82) is 0 Å². The number of hydrogen-bond donors (Lipinski definition) is 2. The number of nitrogens with one attached hydrogen (secondary N) is 2. The zero-order valence-electron chi connectivity index (χ0n) is 23.7. The normalized spacial score (nSPS) is 18.6. The molecule has 0 bridgehead atoms. The van der Waals surface area contributed by atoms with E-state index in [-0.39, 0.29) is 24.1 Å². The Kier molecular flexibility index (Phi) is 9.22. The molecule has 1 fully saturated rings. The second-order valence-electron chi connectivity index (χ2n) is 12.0. The molecule has 2 aromatic heterocycles. The lowest BCUT2D eigenvalue weighted by Gasteiger charge is -2.38. The van der Waals surface area contributed by atoms with Gasteiger partial charge >= 0.3 is 6.09 Å². The monoisotopic (exact) mass is 532 g/mol. The molecule has 0 radical (unpaired) electrons. The van der Waals surface area contributed by atoms with Crippen LogP contribution in [0.25, 0.3) is 11.2 Å². The van der Waals surface area contributed by atoms with Gasteiger partial charge < -0.3 is 29.6 Å². The number of anilines is 1. The molecule has 2 amide bonds. The van der Waals surface area contributed by atoms with Crippen molar-refractivity contribution in [3.63, 3.8) is 0 Å². The molecule has 1 saturated heterocycles. The summed E-state index contributed by atoms with van der Waals surface area (Å²) >= 11 is 0. The Morgan fingerprint density at radius 1 is 1.24 bits per heavy atom. The molecular weight excluding hydrogens is 488 g/mol. The quantitative estimate of drug-likeness (QED) is 0.356. The molecule has 2 atom stereocenters. The molecule has 0 aromatic carbocycles. The average molecular weight is 533 g/mol. The van der Waals surface area contributed by atoms with E-state index in [0.717, 1.165) is 18.9 Å². The van der Waals surface area contributed by atoms with Crippen LogP contribution in [0.2, 0.25) is 25.7 Å². The van der Waals surface area contributed by atoms with Gasteiger partial charge in [0.25, 0.3) is 5.91 Å². The van der Waals surface area contributed by atoms with Crippen LogP contribution < -0.4 is 10.6 Å². The molecule has 0 saturated carbocycles. The maximum absolute atomic E-state index is 12.8. The maximum atomic E-state index is 12.8. The fourth-order valence-corrected chi connectivity index (χ4v) is 5.04. The minimum Gasteiger partial charge on any atom is -0.444 e. The van der Waals surface area contributed by atoms with Gasteiger partial charge in [0.1, 0.15) is 23.7 Å². The lowest BCUT2D eigenvalue weighted by Crippen LogP contribution is -2.49. The molecule has 1 aliphatic rings. The third kappa shape index (κ3) is 8.16. The number of carbonyl (C=O) groups is 2. The zero-order valence-corrected chi connectivity index (χ0v) is 24.7. The van der Waals surface area contributed by atoms with Gasteiger partial charge in [0, 0.05) is 46.1 Å². The number of hydrogen-bond acceptors (Lipinski definition) is 7. The van der Waals surface area contributed by atoms with Crippen LogP contribution >= 0.6 is 0 Å². The third-order valence-corrected chi connectivity index (χ3v) is 7.93. The summed E-state index contributed by atoms with van der Waals surface area (Å²) in [6.45, 7) is 18.6. The number of fused-ring (bicyclic) bond motifs is 1. The van der Waals surface area contributed by atoms with Crippen LogP contribution in [0.1, 0.15) is 57.8 Å². The molecule has 2 aromatic rings. The average Bonchev–Trinajstić information content (AvgIpc) is 3.13. The minimum absolute atomic E-state index is 0.0260. The number of rotatable bonds is 9. The minimum atomic E-state index is -1.19. The van der Waals surface area contributed by atoms with E-state index in [2.05, 4.69) is 35.3 Å². The number of aromatic nitrogens is 3. The molecule has 2 N–H and O–H groups in total. The van der Waals surface area contributed by atoms with Crippen LogP contribution in [0.15, 0.2) is 12.4 Å². The summed E-state index contributed by atoms with van der Waals surface area (Å²) in [7, 11) is -1.19. The summed E-state index contributed by atoms with van der Waals surface area (Å²) in [4.78, 5) is 36.5. The first-order valence-corrected chi connectivity index (χ1v) is 17.0. The second-order valence-corrected chi connectivity index (χ2v) is 17.7. The Balaban J connectivity index is 1.72. The topological polar surface area (TPSA) is 111 Å². The van der Waals surface area contributed by atoms with Crippen molar-refractivity contribution in [2.24, 2.45) is 0 Å². The van der Waals surface area contributed by atoms with E-state index in [4.69, 9.17) is 14.5 Å². The smallest absolute Gasteiger partial charge is 0.410 e. The van der Waals surface area contributed by atoms with Gasteiger partial charge in [0.15, 0.2) is 5.65 Å². The van der Waals surface area contributed by atoms with Gasteiger partial charge in [0.05, 0.1) is 11.8 Å². The molecule has 206 valence electrons. The standard InChI is InChI=1S/C26H44N6O4Si/c1-9-27-24(33)20-16-31(17-35-12-13-37(6,7)8)23-22(20)30-21(15-28-23)29-19-10-11-32(18(2)14-19)25(34)36-26(3,4)5/h15-16,18-19H,9-14,17H2,1-8H3,(H,27,33)(H,29,30)/t18-,19+/m0/s1. The number of likely N-dealkylation sites (tertiary alicyclic amines) is 1. The fraction of sp³-hybridized carbons (Fsp3) is 0.692. The predicted octanol–water partition coefficient (Wildman–Crippen LogP) is 4.69. The lowest BCUT2D eigenvalue weighted by atomic mass is 9.99. The summed E-state index contributed by atoms with van der Waals surface area (Å²) < 4.78 is 13.3. The van der Waals surface area contributed by atoms with Crippen molar-refractivity contribution in [3.8, 4) is 0 Å². The Morgan fingerprint density at radius 2 is 1.97 bits per heavy atom. The first-order valence-electron chi connectivity index (χ1n) is 13.3. The van der Waals surface area contributed by atoms with E-state index in [1.54, 1.807) is 17.3 Å². The van der Waals surface area contributed by atoms with Crippen molar-refractivity contribution < 1.29 is 19.1 Å². The molecular formula is C26H44N6O4Si. The summed E-state index contributed by atoms with van der Waals surface area (Å²) in [6.07, 6.45) is 4.72. The first-order chi connectivity index (χ1) is 17.3. The van der Waals surface area contributed by atoms with Crippen molar-refractivity contribution in [2.75, 3.05) is 25.0 Å². The van der Waals surface area contributed by atoms with Crippen molar-refractivity contribution in [2.45, 2.75) is 97.6 Å². The molecule has 0 aliphatic carbocycles. The van der Waals surface area contributed by atoms with Crippen LogP contribution in [-0.4, -0.2) is 76.9 Å². The van der Waals surface area contributed by atoms with Gasteiger partial charge in [-0.1, -0.05) is 19.6 Å². The van der Waals surface area contributed by atoms with Gasteiger partial charge in [-0.3, -0.25) is 4.79 Å². The highest BCUT2D eigenvalue weighted by Crippen LogP contribution is 2.25. The Bertz CT molecular complexity index is 1090. The van der Waals surface area contributed by atoms with Crippen LogP contribution in [0.4, 0.5) is 10.6 Å². The number of piperidine rings is 1. The van der Waals surface area contributed by atoms with Gasteiger partial charge in [-0.25, -0.2) is 14.8 Å². The SMILES string of the molecule is CCNC(=O)c1cn(COCC[Si](C)(C)C)c2ncc(N[C@@H]3CCN(C(=O)OC(C)(C)C)[C@@H](C)C3)nc12. The highest BCUT2D eigenvalue weighted by molar-refractivity contribution is 6.76. The summed E-state index contributed by atoms with van der Waals surface area (Å²) in [5.41, 5.74) is 1.13. The van der Waals surface area contributed by atoms with Crippen LogP contribution in [0, 0.1) is 0 Å². The highest BCUT2D eigenvalue weighted by atomic mass is 28.3. The van der Waals surface area contributed by atoms with Crippen molar-refractivity contribution >= 4 is 37.1 Å². The lowest BCUT2D eigenvalue weighted by molar-refractivity contribution is 0.0112. The second kappa shape index (κ2) is 11.8. The summed E-state index contributed by atoms with van der Waals surface area (Å²) in [5.74, 6) is 0.428. The largest absolute Gasteiger partial charge is 0.444 e. The first kappa shape index (κ1) is 28.9. The van der Waals surface area contributed by atoms with E-state index in [0.29, 0.717) is 49.0 Å². The van der Waals surface area contributed by atoms with Gasteiger partial charge in [-0.05, 0) is 53.5 Å². The molecule has 0 spiro atoms. The molecule has 10 nitrogen and oxygen atoms in total. The highest BCUT2D eigenvalue weighted by Gasteiger charge is 2.32. The Labute approximate surface area is 221 Å². The van der Waals surface area contributed by atoms with E-state index in [1.165, 1.54) is 0 Å². The van der Waals surface area contributed by atoms with E-state index < -0.39 is 13.7 Å². The number of carbonyl (C=O) groups excluding carboxylic acids is 2. The molecule has 3 heterocycles. The maximum Gasteiger partial charge on any atom is 0.410 e. The number of amides is 2. The molecule has 11 heteroatoms. The van der Waals surface area contributed by atoms with Crippen LogP contribution in [0.5, 0.6) is 0 Å². The molecule has 37 heavy (non-hydrogen) atoms. The van der Waals surface area contributed by atoms with E-state index >= 15 is 0 Å². The number of nitrogens with zero attached hydrogens (tertiary/aromatic N) is 4. The third-order valence-electron chi connectivity index (χ3n) is 6.23. The van der Waals surface area contributed by atoms with Crippen LogP contribution in [-0.2, 0) is 16.2 Å². The van der Waals surface area contributed by atoms with Gasteiger partial charge in [0.2, 0.25) is 0 Å². The molecule has 0 unspecified atom stereocenters. The van der Waals surface area contributed by atoms with E-state index in [1.807, 2.05) is 39.2 Å². The Hall–Kier alpha value is -2.66. The summed E-state index contributed by atoms with van der Waals surface area (Å²) in [5, 5.41) is 6.33. The van der Waals surface area contributed by atoms with Crippen molar-refractivity contribution in [1.82, 2.24) is 24.8 Å². The fourth-order valence-electron chi connectivity index (χ4n) is 4.29. The van der Waals surface area contributed by atoms with Crippen molar-refractivity contribution in [3.05, 3.63) is 18.0 Å². The molecule has 1 aliphatic heterocycles. The molecule has 3 rings (SSSR count). The van der Waals surface area contributed by atoms with Gasteiger partial charge in [-0.15, -0.1) is 0 Å². The number of ether oxygens (including phenoxy) is 2. The van der Waals surface area contributed by atoms with Crippen LogP contribution in [0.3, 0.4) is 0 Å². The zero-order chi connectivity index (χ0) is 27.4. The Morgan fingerprint density at radius 3 is 2.59 bits per heavy atom. The van der Waals surface area contributed by atoms with E-state index in [9.17, 15) is 9.59 Å². The predicted molar refractivity (Wildman–Crippen MR) is 149 cm³/mol.